The fourth-order valence-electron chi connectivity index (χ4n) is 2.05. The lowest BCUT2D eigenvalue weighted by molar-refractivity contribution is 0.0696. The van der Waals surface area contributed by atoms with Gasteiger partial charge in [0.15, 0.2) is 0 Å². The molecule has 1 aromatic heterocycles. The van der Waals surface area contributed by atoms with E-state index in [4.69, 9.17) is 5.11 Å². The molecule has 2 rings (SSSR count). The van der Waals surface area contributed by atoms with Crippen molar-refractivity contribution < 1.29 is 14.7 Å². The molecule has 1 amide bonds. The van der Waals surface area contributed by atoms with E-state index < -0.39 is 5.97 Å². The predicted molar refractivity (Wildman–Crippen MR) is 77.4 cm³/mol. The minimum absolute atomic E-state index is 0.150. The van der Waals surface area contributed by atoms with Crippen molar-refractivity contribution in [1.29, 1.82) is 0 Å². The average Bonchev–Trinajstić information content (AvgIpc) is 2.78. The number of hydrogen-bond donors (Lipinski definition) is 2. The molecule has 0 saturated carbocycles. The highest BCUT2D eigenvalue weighted by molar-refractivity contribution is 5.95. The van der Waals surface area contributed by atoms with Crippen molar-refractivity contribution in [2.24, 2.45) is 7.05 Å². The van der Waals surface area contributed by atoms with Gasteiger partial charge >= 0.3 is 5.97 Å². The zero-order valence-corrected chi connectivity index (χ0v) is 12.0. The summed E-state index contributed by atoms with van der Waals surface area (Å²) in [4.78, 5) is 22.7. The van der Waals surface area contributed by atoms with Gasteiger partial charge in [-0.3, -0.25) is 9.48 Å². The topological polar surface area (TPSA) is 84.2 Å². The molecular weight excluding hydrogens is 270 g/mol. The maximum absolute atomic E-state index is 12.0. The normalized spacial score (nSPS) is 10.4. The molecule has 0 unspecified atom stereocenters. The van der Waals surface area contributed by atoms with Crippen LogP contribution >= 0.6 is 0 Å². The van der Waals surface area contributed by atoms with Crippen LogP contribution in [0.25, 0.3) is 0 Å². The van der Waals surface area contributed by atoms with E-state index in [1.165, 1.54) is 0 Å². The monoisotopic (exact) mass is 287 g/mol. The highest BCUT2D eigenvalue weighted by Gasteiger charge is 2.11. The quantitative estimate of drug-likeness (QED) is 0.870. The number of aromatic carboxylic acids is 1. The molecule has 0 bridgehead atoms. The summed E-state index contributed by atoms with van der Waals surface area (Å²) >= 11 is 0. The first kappa shape index (κ1) is 14.8. The van der Waals surface area contributed by atoms with E-state index in [0.29, 0.717) is 24.2 Å². The van der Waals surface area contributed by atoms with Gasteiger partial charge in [-0.25, -0.2) is 4.79 Å². The molecule has 0 atom stereocenters. The van der Waals surface area contributed by atoms with Gasteiger partial charge in [0.1, 0.15) is 0 Å². The molecule has 2 aromatic rings. The second kappa shape index (κ2) is 6.21. The van der Waals surface area contributed by atoms with Crippen molar-refractivity contribution >= 4 is 11.9 Å². The van der Waals surface area contributed by atoms with E-state index >= 15 is 0 Å². The second-order valence-corrected chi connectivity index (χ2v) is 4.81. The summed E-state index contributed by atoms with van der Waals surface area (Å²) in [6, 6.07) is 6.63. The Balaban J connectivity index is 1.88. The molecule has 110 valence electrons. The fraction of sp³-hybridized carbons (Fsp3) is 0.267. The molecule has 1 aromatic carbocycles. The number of nitrogens with zero attached hydrogens (tertiary/aromatic N) is 2. The summed E-state index contributed by atoms with van der Waals surface area (Å²) in [6.07, 6.45) is 2.33. The molecule has 6 nitrogen and oxygen atoms in total. The van der Waals surface area contributed by atoms with Crippen molar-refractivity contribution in [2.75, 3.05) is 6.54 Å². The summed E-state index contributed by atoms with van der Waals surface area (Å²) in [5.74, 6) is -1.09. The molecule has 21 heavy (non-hydrogen) atoms. The summed E-state index contributed by atoms with van der Waals surface area (Å²) in [5, 5.41) is 15.8. The van der Waals surface area contributed by atoms with Crippen LogP contribution in [0, 0.1) is 6.92 Å². The third-order valence-corrected chi connectivity index (χ3v) is 3.16. The maximum Gasteiger partial charge on any atom is 0.335 e. The van der Waals surface area contributed by atoms with Gasteiger partial charge in [0, 0.05) is 19.8 Å². The Morgan fingerprint density at radius 3 is 2.48 bits per heavy atom. The number of aromatic nitrogens is 2. The number of hydrogen-bond acceptors (Lipinski definition) is 3. The van der Waals surface area contributed by atoms with Crippen molar-refractivity contribution in [3.63, 3.8) is 0 Å². The molecule has 1 heterocycles. The SMILES string of the molecule is Cc1nn(C)cc1C(=O)NCCc1ccc(C(=O)O)cc1. The molecular formula is C15H17N3O3. The highest BCUT2D eigenvalue weighted by atomic mass is 16.4. The van der Waals surface area contributed by atoms with Crippen molar-refractivity contribution in [2.45, 2.75) is 13.3 Å². The van der Waals surface area contributed by atoms with E-state index in [0.717, 1.165) is 5.56 Å². The Bertz CT molecular complexity index is 659. The number of carboxylic acid groups (broad SMARTS) is 1. The molecule has 0 aliphatic rings. The number of carboxylic acids is 1. The number of nitrogens with one attached hydrogen (secondary N) is 1. The van der Waals surface area contributed by atoms with Gasteiger partial charge in [0.25, 0.3) is 5.91 Å². The summed E-state index contributed by atoms with van der Waals surface area (Å²) in [7, 11) is 1.77. The molecule has 6 heteroatoms. The number of amides is 1. The van der Waals surface area contributed by atoms with Crippen molar-refractivity contribution in [3.8, 4) is 0 Å². The van der Waals surface area contributed by atoms with Crippen LogP contribution in [0.1, 0.15) is 32.0 Å². The van der Waals surface area contributed by atoms with Gasteiger partial charge in [0.05, 0.1) is 16.8 Å². The van der Waals surface area contributed by atoms with Gasteiger partial charge in [-0.2, -0.15) is 5.10 Å². The highest BCUT2D eigenvalue weighted by Crippen LogP contribution is 2.06. The van der Waals surface area contributed by atoms with Crippen LogP contribution in [0.5, 0.6) is 0 Å². The lowest BCUT2D eigenvalue weighted by atomic mass is 10.1. The smallest absolute Gasteiger partial charge is 0.335 e. The Hall–Kier alpha value is -2.63. The van der Waals surface area contributed by atoms with E-state index in [9.17, 15) is 9.59 Å². The number of carbonyl (C=O) groups excluding carboxylic acids is 1. The summed E-state index contributed by atoms with van der Waals surface area (Å²) in [5.41, 5.74) is 2.50. The maximum atomic E-state index is 12.0. The Morgan fingerprint density at radius 2 is 1.95 bits per heavy atom. The minimum Gasteiger partial charge on any atom is -0.478 e. The van der Waals surface area contributed by atoms with Gasteiger partial charge in [0.2, 0.25) is 0 Å². The van der Waals surface area contributed by atoms with Crippen LogP contribution in [-0.2, 0) is 13.5 Å². The fourth-order valence-corrected chi connectivity index (χ4v) is 2.05. The zero-order chi connectivity index (χ0) is 15.4. The second-order valence-electron chi connectivity index (χ2n) is 4.81. The lowest BCUT2D eigenvalue weighted by Crippen LogP contribution is -2.26. The predicted octanol–water partition coefficient (Wildman–Crippen LogP) is 1.40. The van der Waals surface area contributed by atoms with Crippen molar-refractivity contribution in [3.05, 3.63) is 52.8 Å². The van der Waals surface area contributed by atoms with E-state index in [1.807, 2.05) is 0 Å². The number of aryl methyl sites for hydroxylation is 2. The molecule has 0 saturated heterocycles. The van der Waals surface area contributed by atoms with Crippen LogP contribution in [-0.4, -0.2) is 33.3 Å². The summed E-state index contributed by atoms with van der Waals surface area (Å²) < 4.78 is 1.61. The number of carbonyl (C=O) groups is 2. The number of benzene rings is 1. The molecule has 0 spiro atoms. The average molecular weight is 287 g/mol. The van der Waals surface area contributed by atoms with Gasteiger partial charge in [-0.15, -0.1) is 0 Å². The number of rotatable bonds is 5. The van der Waals surface area contributed by atoms with Crippen LogP contribution in [0.15, 0.2) is 30.5 Å². The first-order chi connectivity index (χ1) is 9.97. The molecule has 0 aliphatic carbocycles. The van der Waals surface area contributed by atoms with Gasteiger partial charge in [-0.05, 0) is 31.0 Å². The van der Waals surface area contributed by atoms with Crippen LogP contribution < -0.4 is 5.32 Å². The molecule has 0 radical (unpaired) electrons. The standard InChI is InChI=1S/C15H17N3O3/c1-10-13(9-18(2)17-10)14(19)16-8-7-11-3-5-12(6-4-11)15(20)21/h3-6,9H,7-8H2,1-2H3,(H,16,19)(H,20,21). The molecule has 2 N–H and O–H groups in total. The molecule has 0 fully saturated rings. The Kier molecular flexibility index (Phi) is 4.37. The largest absolute Gasteiger partial charge is 0.478 e. The van der Waals surface area contributed by atoms with Gasteiger partial charge in [-0.1, -0.05) is 12.1 Å². The van der Waals surface area contributed by atoms with E-state index in [1.54, 1.807) is 49.1 Å². The van der Waals surface area contributed by atoms with Crippen LogP contribution in [0.4, 0.5) is 0 Å². The van der Waals surface area contributed by atoms with Gasteiger partial charge < -0.3 is 10.4 Å². The molecule has 0 aliphatic heterocycles. The first-order valence-corrected chi connectivity index (χ1v) is 6.58. The van der Waals surface area contributed by atoms with E-state index in [-0.39, 0.29) is 11.5 Å². The third kappa shape index (κ3) is 3.68. The summed E-state index contributed by atoms with van der Waals surface area (Å²) in [6.45, 7) is 2.28. The van der Waals surface area contributed by atoms with Crippen LogP contribution in [0.3, 0.4) is 0 Å². The third-order valence-electron chi connectivity index (χ3n) is 3.16. The van der Waals surface area contributed by atoms with Crippen LogP contribution in [0.2, 0.25) is 0 Å². The minimum atomic E-state index is -0.943. The Morgan fingerprint density at radius 1 is 1.29 bits per heavy atom. The van der Waals surface area contributed by atoms with E-state index in [2.05, 4.69) is 10.4 Å². The first-order valence-electron chi connectivity index (χ1n) is 6.58. The Labute approximate surface area is 122 Å². The lowest BCUT2D eigenvalue weighted by Gasteiger charge is -2.05. The zero-order valence-electron chi connectivity index (χ0n) is 12.0. The van der Waals surface area contributed by atoms with Crippen molar-refractivity contribution in [1.82, 2.24) is 15.1 Å².